The minimum atomic E-state index is 0.229. The van der Waals surface area contributed by atoms with Gasteiger partial charge in [0.25, 0.3) is 0 Å². The molecule has 2 heterocycles. The highest BCUT2D eigenvalue weighted by Gasteiger charge is 2.25. The Balaban J connectivity index is 1.19. The van der Waals surface area contributed by atoms with Gasteiger partial charge in [-0.05, 0) is 54.7 Å². The fourth-order valence-electron chi connectivity index (χ4n) is 5.45. The van der Waals surface area contributed by atoms with Crippen LogP contribution in [-0.4, -0.2) is 76.9 Å². The SMILES string of the molecule is C#CCN(CCN1CCN(c2ccnc3c(O)cccc23)CC1)C1CCc2ccc(O)cc2C1. The van der Waals surface area contributed by atoms with Crippen LogP contribution in [0.4, 0.5) is 5.69 Å². The van der Waals surface area contributed by atoms with E-state index in [0.717, 1.165) is 69.6 Å². The Bertz CT molecular complexity index is 1200. The summed E-state index contributed by atoms with van der Waals surface area (Å²) in [6, 6.07) is 13.8. The Hall–Kier alpha value is -3.27. The molecule has 2 N–H and O–H groups in total. The van der Waals surface area contributed by atoms with Crippen LogP contribution in [0.1, 0.15) is 17.5 Å². The van der Waals surface area contributed by atoms with Crippen LogP contribution in [0, 0.1) is 12.3 Å². The van der Waals surface area contributed by atoms with Crippen molar-refractivity contribution in [2.24, 2.45) is 0 Å². The standard InChI is InChI=1S/C28H32N4O2/c1-2-12-31(23-8-6-21-7-9-24(33)20-22(21)19-23)16-13-30-14-17-32(18-15-30)26-10-11-29-28-25(26)4-3-5-27(28)34/h1,3-5,7,9-11,20,23,33-34H,6,8,12-19H2. The number of aromatic hydroxyl groups is 2. The van der Waals surface area contributed by atoms with Crippen LogP contribution in [0.25, 0.3) is 10.9 Å². The number of anilines is 1. The third kappa shape index (κ3) is 4.68. The Morgan fingerprint density at radius 2 is 1.91 bits per heavy atom. The van der Waals surface area contributed by atoms with Gasteiger partial charge in [-0.1, -0.05) is 24.1 Å². The number of nitrogens with zero attached hydrogens (tertiary/aromatic N) is 4. The van der Waals surface area contributed by atoms with Gasteiger partial charge < -0.3 is 15.1 Å². The van der Waals surface area contributed by atoms with Gasteiger partial charge in [0.1, 0.15) is 17.0 Å². The zero-order valence-corrected chi connectivity index (χ0v) is 19.5. The molecule has 1 aliphatic heterocycles. The smallest absolute Gasteiger partial charge is 0.141 e. The quantitative estimate of drug-likeness (QED) is 0.555. The van der Waals surface area contributed by atoms with E-state index in [-0.39, 0.29) is 5.75 Å². The molecule has 0 amide bonds. The van der Waals surface area contributed by atoms with E-state index < -0.39 is 0 Å². The zero-order chi connectivity index (χ0) is 23.5. The second-order valence-electron chi connectivity index (χ2n) is 9.36. The number of hydrogen-bond acceptors (Lipinski definition) is 6. The third-order valence-electron chi connectivity index (χ3n) is 7.35. The van der Waals surface area contributed by atoms with Gasteiger partial charge in [-0.25, -0.2) is 0 Å². The van der Waals surface area contributed by atoms with Crippen molar-refractivity contribution in [3.63, 3.8) is 0 Å². The third-order valence-corrected chi connectivity index (χ3v) is 7.35. The predicted octanol–water partition coefficient (Wildman–Crippen LogP) is 3.26. The molecule has 1 aliphatic carbocycles. The maximum Gasteiger partial charge on any atom is 0.141 e. The summed E-state index contributed by atoms with van der Waals surface area (Å²) < 4.78 is 0. The molecule has 1 aromatic heterocycles. The molecule has 5 rings (SSSR count). The largest absolute Gasteiger partial charge is 0.508 e. The molecular formula is C28H32N4O2. The van der Waals surface area contributed by atoms with Crippen LogP contribution in [0.5, 0.6) is 11.5 Å². The number of phenolic OH excluding ortho intramolecular Hbond substituents is 2. The zero-order valence-electron chi connectivity index (χ0n) is 19.5. The van der Waals surface area contributed by atoms with Gasteiger partial charge in [0, 0.05) is 62.6 Å². The average molecular weight is 457 g/mol. The average Bonchev–Trinajstić information content (AvgIpc) is 2.86. The fourth-order valence-corrected chi connectivity index (χ4v) is 5.45. The van der Waals surface area contributed by atoms with Crippen molar-refractivity contribution >= 4 is 16.6 Å². The van der Waals surface area contributed by atoms with Gasteiger partial charge in [-0.15, -0.1) is 6.42 Å². The topological polar surface area (TPSA) is 63.1 Å². The van der Waals surface area contributed by atoms with Gasteiger partial charge >= 0.3 is 0 Å². The predicted molar refractivity (Wildman–Crippen MR) is 136 cm³/mol. The molecule has 176 valence electrons. The monoisotopic (exact) mass is 456 g/mol. The lowest BCUT2D eigenvalue weighted by Gasteiger charge is -2.39. The molecule has 0 saturated carbocycles. The normalized spacial score (nSPS) is 18.7. The number of aromatic nitrogens is 1. The van der Waals surface area contributed by atoms with E-state index in [1.54, 1.807) is 18.3 Å². The number of terminal acetylenes is 1. The first-order valence-corrected chi connectivity index (χ1v) is 12.1. The van der Waals surface area contributed by atoms with Crippen molar-refractivity contribution in [3.05, 3.63) is 59.8 Å². The number of benzene rings is 2. The van der Waals surface area contributed by atoms with E-state index >= 15 is 0 Å². The van der Waals surface area contributed by atoms with Crippen molar-refractivity contribution in [2.75, 3.05) is 50.7 Å². The summed E-state index contributed by atoms with van der Waals surface area (Å²) in [5, 5.41) is 21.0. The second-order valence-corrected chi connectivity index (χ2v) is 9.36. The van der Waals surface area contributed by atoms with Crippen molar-refractivity contribution in [3.8, 4) is 23.8 Å². The van der Waals surface area contributed by atoms with Crippen LogP contribution in [0.15, 0.2) is 48.7 Å². The molecule has 34 heavy (non-hydrogen) atoms. The molecule has 1 unspecified atom stereocenters. The molecule has 2 aliphatic rings. The maximum absolute atomic E-state index is 10.2. The summed E-state index contributed by atoms with van der Waals surface area (Å²) >= 11 is 0. The first-order chi connectivity index (χ1) is 16.6. The van der Waals surface area contributed by atoms with Crippen LogP contribution >= 0.6 is 0 Å². The lowest BCUT2D eigenvalue weighted by molar-refractivity contribution is 0.160. The Labute approximate surface area is 201 Å². The van der Waals surface area contributed by atoms with Gasteiger partial charge in [-0.3, -0.25) is 14.8 Å². The van der Waals surface area contributed by atoms with E-state index in [2.05, 4.69) is 31.7 Å². The molecule has 3 aromatic rings. The van der Waals surface area contributed by atoms with Gasteiger partial charge in [0.15, 0.2) is 0 Å². The first-order valence-electron chi connectivity index (χ1n) is 12.1. The van der Waals surface area contributed by atoms with Gasteiger partial charge in [-0.2, -0.15) is 0 Å². The number of phenols is 2. The summed E-state index contributed by atoms with van der Waals surface area (Å²) in [5.74, 6) is 3.44. The minimum absolute atomic E-state index is 0.229. The van der Waals surface area contributed by atoms with Crippen LogP contribution in [0.3, 0.4) is 0 Å². The highest BCUT2D eigenvalue weighted by molar-refractivity contribution is 5.94. The second kappa shape index (κ2) is 9.92. The molecule has 1 fully saturated rings. The van der Waals surface area contributed by atoms with Crippen molar-refractivity contribution in [1.29, 1.82) is 0 Å². The Morgan fingerprint density at radius 1 is 1.06 bits per heavy atom. The Kier molecular flexibility index (Phi) is 6.57. The van der Waals surface area contributed by atoms with E-state index in [9.17, 15) is 10.2 Å². The van der Waals surface area contributed by atoms with Crippen molar-refractivity contribution in [1.82, 2.24) is 14.8 Å². The molecule has 6 heteroatoms. The molecule has 1 saturated heterocycles. The highest BCUT2D eigenvalue weighted by Crippen LogP contribution is 2.31. The number of hydrogen-bond donors (Lipinski definition) is 2. The van der Waals surface area contributed by atoms with E-state index in [1.165, 1.54) is 11.1 Å². The summed E-state index contributed by atoms with van der Waals surface area (Å²) in [7, 11) is 0. The van der Waals surface area contributed by atoms with Crippen LogP contribution < -0.4 is 4.90 Å². The van der Waals surface area contributed by atoms with Gasteiger partial charge in [0.05, 0.1) is 6.54 Å². The van der Waals surface area contributed by atoms with Crippen molar-refractivity contribution < 1.29 is 10.2 Å². The number of para-hydroxylation sites is 1. The fraction of sp³-hybridized carbons (Fsp3) is 0.393. The number of aryl methyl sites for hydroxylation is 1. The van der Waals surface area contributed by atoms with E-state index in [0.29, 0.717) is 23.9 Å². The highest BCUT2D eigenvalue weighted by atomic mass is 16.3. The summed E-state index contributed by atoms with van der Waals surface area (Å²) in [5.41, 5.74) is 4.40. The van der Waals surface area contributed by atoms with Crippen LogP contribution in [0.2, 0.25) is 0 Å². The summed E-state index contributed by atoms with van der Waals surface area (Å²) in [6.07, 6.45) is 10.6. The van der Waals surface area contributed by atoms with E-state index in [4.69, 9.17) is 6.42 Å². The van der Waals surface area contributed by atoms with Crippen molar-refractivity contribution in [2.45, 2.75) is 25.3 Å². The number of fused-ring (bicyclic) bond motifs is 2. The van der Waals surface area contributed by atoms with Gasteiger partial charge in [0.2, 0.25) is 0 Å². The number of rotatable bonds is 6. The molecule has 6 nitrogen and oxygen atoms in total. The lowest BCUT2D eigenvalue weighted by atomic mass is 9.87. The Morgan fingerprint density at radius 3 is 2.74 bits per heavy atom. The molecular weight excluding hydrogens is 424 g/mol. The van der Waals surface area contributed by atoms with Crippen LogP contribution in [-0.2, 0) is 12.8 Å². The minimum Gasteiger partial charge on any atom is -0.508 e. The summed E-state index contributed by atoms with van der Waals surface area (Å²) in [6.45, 7) is 6.49. The van der Waals surface area contributed by atoms with E-state index in [1.807, 2.05) is 24.3 Å². The lowest BCUT2D eigenvalue weighted by Crippen LogP contribution is -2.50. The maximum atomic E-state index is 10.2. The first kappa shape index (κ1) is 22.5. The molecule has 1 atom stereocenters. The number of piperazine rings is 1. The number of pyridine rings is 1. The molecule has 0 bridgehead atoms. The summed E-state index contributed by atoms with van der Waals surface area (Å²) in [4.78, 5) is 11.7. The molecule has 0 radical (unpaired) electrons. The molecule has 2 aromatic carbocycles. The molecule has 0 spiro atoms.